The molecule has 7 nitrogen and oxygen atoms in total. The predicted octanol–water partition coefficient (Wildman–Crippen LogP) is 2.24. The Balaban J connectivity index is 1.90. The lowest BCUT2D eigenvalue weighted by Gasteiger charge is -2.19. The van der Waals surface area contributed by atoms with Crippen LogP contribution in [0.2, 0.25) is 0 Å². The Hall–Kier alpha value is -2.71. The number of carboxylic acid groups (broad SMARTS) is 2. The van der Waals surface area contributed by atoms with Gasteiger partial charge in [-0.1, -0.05) is 5.57 Å². The highest BCUT2D eigenvalue weighted by molar-refractivity contribution is 7.11. The Morgan fingerprint density at radius 3 is 2.70 bits per heavy atom. The molecule has 0 bridgehead atoms. The van der Waals surface area contributed by atoms with E-state index in [1.807, 2.05) is 4.57 Å². The van der Waals surface area contributed by atoms with E-state index >= 15 is 0 Å². The zero-order valence-corrected chi connectivity index (χ0v) is 15.4. The van der Waals surface area contributed by atoms with Gasteiger partial charge in [0.15, 0.2) is 0 Å². The van der Waals surface area contributed by atoms with Crippen LogP contribution in [0.5, 0.6) is 0 Å². The molecule has 1 fully saturated rings. The van der Waals surface area contributed by atoms with Gasteiger partial charge in [-0.05, 0) is 49.4 Å². The fourth-order valence-corrected chi connectivity index (χ4v) is 4.72. The second-order valence-electron chi connectivity index (χ2n) is 6.60. The van der Waals surface area contributed by atoms with Gasteiger partial charge in [0.1, 0.15) is 5.82 Å². The number of hydrogen-bond acceptors (Lipinski definition) is 5. The zero-order valence-electron chi connectivity index (χ0n) is 14.6. The Morgan fingerprint density at radius 2 is 2.00 bits per heavy atom. The van der Waals surface area contributed by atoms with Crippen molar-refractivity contribution in [1.29, 1.82) is 0 Å². The molecule has 2 aliphatic rings. The van der Waals surface area contributed by atoms with Gasteiger partial charge in [-0.25, -0.2) is 14.6 Å². The summed E-state index contributed by atoms with van der Waals surface area (Å²) in [5, 5.41) is 23.9. The van der Waals surface area contributed by atoms with Gasteiger partial charge < -0.3 is 20.1 Å². The van der Waals surface area contributed by atoms with Crippen LogP contribution in [0.1, 0.15) is 34.8 Å². The SMILES string of the molecule is O=C(O)C=C(C(=O)O)c1cn2c(n1)C(=C1CCNCC1)c1sccc1CC2. The third-order valence-corrected chi connectivity index (χ3v) is 5.91. The molecule has 4 rings (SSSR count). The van der Waals surface area contributed by atoms with E-state index in [2.05, 4.69) is 21.7 Å². The first-order valence-electron chi connectivity index (χ1n) is 8.80. The first-order valence-corrected chi connectivity index (χ1v) is 9.68. The maximum atomic E-state index is 11.6. The summed E-state index contributed by atoms with van der Waals surface area (Å²) in [7, 11) is 0. The minimum Gasteiger partial charge on any atom is -0.478 e. The van der Waals surface area contributed by atoms with Crippen molar-refractivity contribution in [1.82, 2.24) is 14.9 Å². The lowest BCUT2D eigenvalue weighted by molar-refractivity contribution is -0.133. The topological polar surface area (TPSA) is 104 Å². The van der Waals surface area contributed by atoms with Crippen molar-refractivity contribution in [2.75, 3.05) is 13.1 Å². The maximum Gasteiger partial charge on any atom is 0.338 e. The van der Waals surface area contributed by atoms with Crippen LogP contribution >= 0.6 is 11.3 Å². The third kappa shape index (κ3) is 3.33. The highest BCUT2D eigenvalue weighted by atomic mass is 32.1. The molecule has 8 heteroatoms. The molecule has 1 saturated heterocycles. The highest BCUT2D eigenvalue weighted by Crippen LogP contribution is 2.38. The predicted molar refractivity (Wildman–Crippen MR) is 102 cm³/mol. The van der Waals surface area contributed by atoms with E-state index in [0.29, 0.717) is 12.6 Å². The van der Waals surface area contributed by atoms with Crippen molar-refractivity contribution < 1.29 is 19.8 Å². The summed E-state index contributed by atoms with van der Waals surface area (Å²) in [6, 6.07) is 2.14. The summed E-state index contributed by atoms with van der Waals surface area (Å²) in [5.74, 6) is -1.85. The number of fused-ring (bicyclic) bond motifs is 2. The summed E-state index contributed by atoms with van der Waals surface area (Å²) in [6.45, 7) is 2.50. The van der Waals surface area contributed by atoms with Crippen molar-refractivity contribution in [3.63, 3.8) is 0 Å². The molecule has 0 radical (unpaired) electrons. The van der Waals surface area contributed by atoms with Crippen molar-refractivity contribution >= 4 is 34.4 Å². The standard InChI is InChI=1S/C19H19N3O4S/c23-15(24)9-13(19(25)26)14-10-22-7-3-12-4-8-27-17(12)16(18(22)21-14)11-1-5-20-6-2-11/h4,8-10,20H,1-3,5-7H2,(H,23,24)(H,25,26). The largest absolute Gasteiger partial charge is 0.478 e. The van der Waals surface area contributed by atoms with Crippen molar-refractivity contribution in [2.45, 2.75) is 25.8 Å². The fourth-order valence-electron chi connectivity index (χ4n) is 3.68. The number of nitrogens with one attached hydrogen (secondary N) is 1. The van der Waals surface area contributed by atoms with Gasteiger partial charge in [-0.2, -0.15) is 0 Å². The summed E-state index contributed by atoms with van der Waals surface area (Å²) in [4.78, 5) is 28.4. The number of nitrogens with zero attached hydrogens (tertiary/aromatic N) is 2. The fraction of sp³-hybridized carbons (Fsp3) is 0.316. The van der Waals surface area contributed by atoms with Crippen LogP contribution in [0, 0.1) is 0 Å². The van der Waals surface area contributed by atoms with Gasteiger partial charge in [0.05, 0.1) is 11.3 Å². The number of rotatable bonds is 3. The van der Waals surface area contributed by atoms with Gasteiger partial charge in [0.25, 0.3) is 0 Å². The summed E-state index contributed by atoms with van der Waals surface area (Å²) in [6.07, 6.45) is 5.05. The van der Waals surface area contributed by atoms with Gasteiger partial charge in [0.2, 0.25) is 0 Å². The maximum absolute atomic E-state index is 11.6. The highest BCUT2D eigenvalue weighted by Gasteiger charge is 2.27. The molecule has 0 unspecified atom stereocenters. The number of hydrogen-bond donors (Lipinski definition) is 3. The molecule has 0 amide bonds. The Labute approximate surface area is 159 Å². The molecule has 0 aromatic carbocycles. The van der Waals surface area contributed by atoms with Gasteiger partial charge >= 0.3 is 11.9 Å². The number of aliphatic carboxylic acids is 2. The number of aromatic nitrogens is 2. The normalized spacial score (nSPS) is 17.3. The van der Waals surface area contributed by atoms with Crippen molar-refractivity contribution in [3.8, 4) is 0 Å². The van der Waals surface area contributed by atoms with Crippen LogP contribution in [0.3, 0.4) is 0 Å². The molecule has 140 valence electrons. The zero-order chi connectivity index (χ0) is 19.0. The van der Waals surface area contributed by atoms with Crippen LogP contribution in [0.25, 0.3) is 11.1 Å². The van der Waals surface area contributed by atoms with Crippen LogP contribution in [-0.2, 0) is 22.6 Å². The average molecular weight is 385 g/mol. The molecule has 2 aromatic heterocycles. The minimum atomic E-state index is -1.30. The molecule has 2 aromatic rings. The van der Waals surface area contributed by atoms with E-state index in [0.717, 1.165) is 43.7 Å². The number of piperidine rings is 1. The molecule has 27 heavy (non-hydrogen) atoms. The number of aryl methyl sites for hydroxylation is 2. The molecular weight excluding hydrogens is 366 g/mol. The van der Waals surface area contributed by atoms with E-state index in [1.54, 1.807) is 17.5 Å². The summed E-state index contributed by atoms with van der Waals surface area (Å²) >= 11 is 1.68. The number of imidazole rings is 1. The van der Waals surface area contributed by atoms with Gasteiger partial charge in [-0.15, -0.1) is 11.3 Å². The second-order valence-corrected chi connectivity index (χ2v) is 7.51. The summed E-state index contributed by atoms with van der Waals surface area (Å²) in [5.41, 5.74) is 3.57. The molecule has 0 atom stereocenters. The lowest BCUT2D eigenvalue weighted by Crippen LogP contribution is -2.24. The van der Waals surface area contributed by atoms with Crippen LogP contribution < -0.4 is 5.32 Å². The van der Waals surface area contributed by atoms with Crippen LogP contribution in [0.15, 0.2) is 29.3 Å². The minimum absolute atomic E-state index is 0.187. The molecule has 4 heterocycles. The quantitative estimate of drug-likeness (QED) is 0.700. The molecule has 0 spiro atoms. The molecule has 2 aliphatic heterocycles. The third-order valence-electron chi connectivity index (χ3n) is 4.93. The summed E-state index contributed by atoms with van der Waals surface area (Å²) < 4.78 is 1.96. The Bertz CT molecular complexity index is 975. The number of thiophene rings is 1. The number of carbonyl (C=O) groups is 2. The Morgan fingerprint density at radius 1 is 1.22 bits per heavy atom. The molecule has 0 saturated carbocycles. The number of carboxylic acids is 2. The van der Waals surface area contributed by atoms with Crippen molar-refractivity contribution in [2.24, 2.45) is 0 Å². The molecular formula is C19H19N3O4S. The lowest BCUT2D eigenvalue weighted by atomic mass is 9.96. The molecule has 0 aliphatic carbocycles. The van der Waals surface area contributed by atoms with Crippen LogP contribution in [-0.4, -0.2) is 44.8 Å². The monoisotopic (exact) mass is 385 g/mol. The van der Waals surface area contributed by atoms with E-state index in [9.17, 15) is 14.7 Å². The second kappa shape index (κ2) is 7.13. The van der Waals surface area contributed by atoms with Crippen LogP contribution in [0.4, 0.5) is 0 Å². The van der Waals surface area contributed by atoms with E-state index in [-0.39, 0.29) is 11.3 Å². The average Bonchev–Trinajstić information content (AvgIpc) is 3.24. The van der Waals surface area contributed by atoms with Crippen molar-refractivity contribution in [3.05, 3.63) is 51.3 Å². The van der Waals surface area contributed by atoms with Gasteiger partial charge in [0, 0.05) is 29.3 Å². The Kier molecular flexibility index (Phi) is 4.67. The van der Waals surface area contributed by atoms with E-state index in [1.165, 1.54) is 16.0 Å². The first kappa shape index (κ1) is 17.7. The molecule has 3 N–H and O–H groups in total. The first-order chi connectivity index (χ1) is 13.0. The van der Waals surface area contributed by atoms with Gasteiger partial charge in [-0.3, -0.25) is 0 Å². The van der Waals surface area contributed by atoms with E-state index < -0.39 is 11.9 Å². The smallest absolute Gasteiger partial charge is 0.338 e. The van der Waals surface area contributed by atoms with E-state index in [4.69, 9.17) is 5.11 Å².